The van der Waals surface area contributed by atoms with Crippen molar-refractivity contribution < 1.29 is 18.8 Å². The summed E-state index contributed by atoms with van der Waals surface area (Å²) in [6.07, 6.45) is 3.93. The quantitative estimate of drug-likeness (QED) is 0.305. The Labute approximate surface area is 263 Å². The van der Waals surface area contributed by atoms with Crippen LogP contribution in [0.25, 0.3) is 10.9 Å². The van der Waals surface area contributed by atoms with Gasteiger partial charge in [-0.25, -0.2) is 4.39 Å². The van der Waals surface area contributed by atoms with Gasteiger partial charge in [0.2, 0.25) is 11.8 Å². The number of benzene rings is 3. The van der Waals surface area contributed by atoms with E-state index in [-0.39, 0.29) is 35.4 Å². The lowest BCUT2D eigenvalue weighted by atomic mass is 9.90. The zero-order valence-corrected chi connectivity index (χ0v) is 25.8. The smallest absolute Gasteiger partial charge is 0.253 e. The van der Waals surface area contributed by atoms with Crippen molar-refractivity contribution in [2.24, 2.45) is 11.8 Å². The van der Waals surface area contributed by atoms with Gasteiger partial charge >= 0.3 is 0 Å². The number of hydrogen-bond acceptors (Lipinski definition) is 4. The molecule has 3 heterocycles. The molecule has 2 aliphatic rings. The molecule has 9 heteroatoms. The molecule has 4 aromatic rings. The van der Waals surface area contributed by atoms with Crippen LogP contribution in [0.15, 0.2) is 79.0 Å². The second-order valence-electron chi connectivity index (χ2n) is 12.6. The Morgan fingerprint density at radius 1 is 1.00 bits per heavy atom. The van der Waals surface area contributed by atoms with Crippen molar-refractivity contribution in [3.63, 3.8) is 0 Å². The van der Waals surface area contributed by atoms with E-state index in [0.29, 0.717) is 56.6 Å². The molecular weight excluding hydrogens is 569 g/mol. The maximum absolute atomic E-state index is 14.5. The first kappa shape index (κ1) is 30.5. The predicted octanol–water partition coefficient (Wildman–Crippen LogP) is 4.65. The van der Waals surface area contributed by atoms with Gasteiger partial charge in [0.25, 0.3) is 5.91 Å². The third-order valence-electron chi connectivity index (χ3n) is 9.06. The van der Waals surface area contributed by atoms with E-state index in [1.54, 1.807) is 28.0 Å². The second kappa shape index (κ2) is 13.2. The van der Waals surface area contributed by atoms with Crippen LogP contribution < -0.4 is 10.2 Å². The topological polar surface area (TPSA) is 88.8 Å². The standard InChI is InChI=1S/C36H40FN5O3/c1-40(2)22-24-18-27-19-29(37)12-13-33(27)42(23-24)36(45)32(20-28-21-38-31-11-7-6-10-30(28)31)39-34(43)25-14-16-41(17-15-25)35(44)26-8-4-3-5-9-26/h3-13,19,21,24-25,32,38H,14-18,20,22-23H2,1-2H3,(H,39,43)/t24-,32-/m1/s1. The maximum atomic E-state index is 14.5. The largest absolute Gasteiger partial charge is 0.361 e. The Balaban J connectivity index is 1.23. The summed E-state index contributed by atoms with van der Waals surface area (Å²) in [5.41, 5.74) is 4.04. The zero-order valence-electron chi connectivity index (χ0n) is 25.8. The van der Waals surface area contributed by atoms with E-state index in [1.807, 2.05) is 62.8 Å². The van der Waals surface area contributed by atoms with Crippen molar-refractivity contribution in [2.75, 3.05) is 45.2 Å². The number of carbonyl (C=O) groups excluding carboxylic acids is 3. The van der Waals surface area contributed by atoms with Gasteiger partial charge in [-0.15, -0.1) is 0 Å². The fraction of sp³-hybridized carbons (Fsp3) is 0.361. The van der Waals surface area contributed by atoms with Gasteiger partial charge in [0.05, 0.1) is 0 Å². The molecule has 0 spiro atoms. The van der Waals surface area contributed by atoms with Crippen LogP contribution in [0.5, 0.6) is 0 Å². The van der Waals surface area contributed by atoms with E-state index < -0.39 is 6.04 Å². The minimum Gasteiger partial charge on any atom is -0.361 e. The highest BCUT2D eigenvalue weighted by Gasteiger charge is 2.36. The number of carbonyl (C=O) groups is 3. The average Bonchev–Trinajstić information content (AvgIpc) is 3.46. The van der Waals surface area contributed by atoms with Crippen LogP contribution in [-0.2, 0) is 22.4 Å². The van der Waals surface area contributed by atoms with Gasteiger partial charge in [0, 0.05) is 66.9 Å². The summed E-state index contributed by atoms with van der Waals surface area (Å²) in [5, 5.41) is 4.13. The number of aromatic nitrogens is 1. The number of likely N-dealkylation sites (tertiary alicyclic amines) is 1. The molecule has 6 rings (SSSR count). The van der Waals surface area contributed by atoms with Crippen molar-refractivity contribution in [3.05, 3.63) is 102 Å². The zero-order chi connectivity index (χ0) is 31.5. The SMILES string of the molecule is CN(C)C[C@H]1Cc2cc(F)ccc2N(C(=O)[C@@H](Cc2c[nH]c3ccccc23)NC(=O)C2CCN(C(=O)c3ccccc3)CC2)C1. The lowest BCUT2D eigenvalue weighted by molar-refractivity contribution is -0.131. The minimum atomic E-state index is -0.823. The number of H-pyrrole nitrogens is 1. The number of nitrogens with one attached hydrogen (secondary N) is 2. The van der Waals surface area contributed by atoms with Crippen LogP contribution in [0, 0.1) is 17.7 Å². The van der Waals surface area contributed by atoms with Crippen LogP contribution in [0.1, 0.15) is 34.3 Å². The van der Waals surface area contributed by atoms with Crippen LogP contribution in [0.3, 0.4) is 0 Å². The molecule has 2 aliphatic heterocycles. The van der Waals surface area contributed by atoms with Crippen LogP contribution >= 0.6 is 0 Å². The molecule has 1 fully saturated rings. The Hall–Kier alpha value is -4.50. The van der Waals surface area contributed by atoms with E-state index in [0.717, 1.165) is 28.6 Å². The highest BCUT2D eigenvalue weighted by Crippen LogP contribution is 2.32. The number of fused-ring (bicyclic) bond motifs is 2. The van der Waals surface area contributed by atoms with Crippen molar-refractivity contribution in [2.45, 2.75) is 31.7 Å². The third-order valence-corrected chi connectivity index (χ3v) is 9.06. The second-order valence-corrected chi connectivity index (χ2v) is 12.6. The van der Waals surface area contributed by atoms with Gasteiger partial charge in [0.1, 0.15) is 11.9 Å². The Kier molecular flexibility index (Phi) is 8.98. The monoisotopic (exact) mass is 609 g/mol. The highest BCUT2D eigenvalue weighted by molar-refractivity contribution is 6.01. The van der Waals surface area contributed by atoms with E-state index in [9.17, 15) is 18.8 Å². The number of hydrogen-bond donors (Lipinski definition) is 2. The van der Waals surface area contributed by atoms with Gasteiger partial charge in [-0.3, -0.25) is 14.4 Å². The van der Waals surface area contributed by atoms with E-state index in [4.69, 9.17) is 0 Å². The first-order valence-corrected chi connectivity index (χ1v) is 15.7. The summed E-state index contributed by atoms with van der Waals surface area (Å²) in [5.74, 6) is -0.939. The van der Waals surface area contributed by atoms with Gasteiger partial charge < -0.3 is 25.0 Å². The van der Waals surface area contributed by atoms with Gasteiger partial charge in [0.15, 0.2) is 0 Å². The molecule has 3 amide bonds. The molecule has 0 bridgehead atoms. The van der Waals surface area contributed by atoms with Crippen molar-refractivity contribution in [1.29, 1.82) is 0 Å². The first-order chi connectivity index (χ1) is 21.8. The molecule has 8 nitrogen and oxygen atoms in total. The van der Waals surface area contributed by atoms with Crippen LogP contribution in [0.4, 0.5) is 10.1 Å². The fourth-order valence-corrected chi connectivity index (χ4v) is 6.87. The van der Waals surface area contributed by atoms with Crippen molar-refractivity contribution >= 4 is 34.3 Å². The molecule has 1 aromatic heterocycles. The number of aromatic amines is 1. The summed E-state index contributed by atoms with van der Waals surface area (Å²) in [6.45, 7) is 2.18. The van der Waals surface area contributed by atoms with E-state index in [1.165, 1.54) is 12.1 Å². The highest BCUT2D eigenvalue weighted by atomic mass is 19.1. The van der Waals surface area contributed by atoms with Gasteiger partial charge in [-0.05, 0) is 86.8 Å². The number of amides is 3. The van der Waals surface area contributed by atoms with Gasteiger partial charge in [-0.1, -0.05) is 36.4 Å². The Morgan fingerprint density at radius 3 is 2.49 bits per heavy atom. The summed E-state index contributed by atoms with van der Waals surface area (Å²) >= 11 is 0. The summed E-state index contributed by atoms with van der Waals surface area (Å²) < 4.78 is 14.3. The number of piperidine rings is 1. The third kappa shape index (κ3) is 6.78. The van der Waals surface area contributed by atoms with Crippen molar-refractivity contribution in [3.8, 4) is 0 Å². The Morgan fingerprint density at radius 2 is 1.73 bits per heavy atom. The summed E-state index contributed by atoms with van der Waals surface area (Å²) in [4.78, 5) is 50.2. The minimum absolute atomic E-state index is 0.0330. The molecule has 0 aliphatic carbocycles. The molecule has 1 saturated heterocycles. The Bertz CT molecular complexity index is 1680. The fourth-order valence-electron chi connectivity index (χ4n) is 6.87. The van der Waals surface area contributed by atoms with Gasteiger partial charge in [-0.2, -0.15) is 0 Å². The molecule has 3 aromatic carbocycles. The molecule has 45 heavy (non-hydrogen) atoms. The number of anilines is 1. The molecular formula is C36H40FN5O3. The van der Waals surface area contributed by atoms with Crippen molar-refractivity contribution in [1.82, 2.24) is 20.1 Å². The molecule has 234 valence electrons. The number of rotatable bonds is 8. The number of para-hydroxylation sites is 1. The maximum Gasteiger partial charge on any atom is 0.253 e. The first-order valence-electron chi connectivity index (χ1n) is 15.7. The summed E-state index contributed by atoms with van der Waals surface area (Å²) in [6, 6.07) is 20.9. The summed E-state index contributed by atoms with van der Waals surface area (Å²) in [7, 11) is 3.98. The average molecular weight is 610 g/mol. The molecule has 2 N–H and O–H groups in total. The van der Waals surface area contributed by atoms with Crippen LogP contribution in [-0.4, -0.2) is 78.8 Å². The lowest BCUT2D eigenvalue weighted by Gasteiger charge is -2.38. The molecule has 0 saturated carbocycles. The molecule has 0 unspecified atom stereocenters. The van der Waals surface area contributed by atoms with E-state index in [2.05, 4.69) is 15.2 Å². The number of nitrogens with zero attached hydrogens (tertiary/aromatic N) is 3. The van der Waals surface area contributed by atoms with E-state index >= 15 is 0 Å². The predicted molar refractivity (Wildman–Crippen MR) is 174 cm³/mol. The number of halogens is 1. The molecule has 0 radical (unpaired) electrons. The lowest BCUT2D eigenvalue weighted by Crippen LogP contribution is -2.54. The molecule has 2 atom stereocenters. The normalized spacial score (nSPS) is 17.7. The van der Waals surface area contributed by atoms with Crippen LogP contribution in [0.2, 0.25) is 0 Å².